The number of hydrogen-bond donors (Lipinski definition) is 0. The highest BCUT2D eigenvalue weighted by atomic mass is 79.9. The molecule has 0 aromatic heterocycles. The van der Waals surface area contributed by atoms with Crippen molar-refractivity contribution in [2.45, 2.75) is 12.5 Å². The van der Waals surface area contributed by atoms with Gasteiger partial charge in [-0.1, -0.05) is 34.1 Å². The minimum absolute atomic E-state index is 0.0475. The monoisotopic (exact) mass is 255 g/mol. The predicted octanol–water partition coefficient (Wildman–Crippen LogP) is 2.12. The molecule has 0 N–H and O–H groups in total. The van der Waals surface area contributed by atoms with E-state index in [-0.39, 0.29) is 6.04 Å². The van der Waals surface area contributed by atoms with Gasteiger partial charge in [0.15, 0.2) is 0 Å². The molecule has 0 saturated carbocycles. The third-order valence-electron chi connectivity index (χ3n) is 2.21. The van der Waals surface area contributed by atoms with Crippen molar-refractivity contribution in [2.24, 2.45) is 0 Å². The Labute approximate surface area is 93.0 Å². The van der Waals surface area contributed by atoms with Gasteiger partial charge in [-0.25, -0.2) is 0 Å². The van der Waals surface area contributed by atoms with Gasteiger partial charge in [0.2, 0.25) is 0 Å². The van der Waals surface area contributed by atoms with Crippen LogP contribution in [0.15, 0.2) is 28.7 Å². The Hall–Kier alpha value is -0.670. The van der Waals surface area contributed by atoms with Crippen molar-refractivity contribution in [3.63, 3.8) is 0 Å². The number of carbonyl (C=O) groups excluding carboxylic acids is 1. The summed E-state index contributed by atoms with van der Waals surface area (Å²) in [4.78, 5) is 12.7. The zero-order valence-corrected chi connectivity index (χ0v) is 9.99. The van der Waals surface area contributed by atoms with Gasteiger partial charge in [-0.05, 0) is 32.1 Å². The zero-order valence-electron chi connectivity index (χ0n) is 8.40. The first-order valence-corrected chi connectivity index (χ1v) is 5.29. The van der Waals surface area contributed by atoms with Crippen molar-refractivity contribution >= 4 is 22.2 Å². The Morgan fingerprint density at radius 2 is 2.07 bits per heavy atom. The minimum atomic E-state index is -0.0475. The molecule has 0 fully saturated rings. The molecule has 0 aliphatic rings. The van der Waals surface area contributed by atoms with Crippen LogP contribution in [0.25, 0.3) is 0 Å². The lowest BCUT2D eigenvalue weighted by molar-refractivity contribution is -0.111. The van der Waals surface area contributed by atoms with Crippen LogP contribution in [0.4, 0.5) is 0 Å². The maximum absolute atomic E-state index is 10.8. The first-order valence-electron chi connectivity index (χ1n) is 4.50. The van der Waals surface area contributed by atoms with Gasteiger partial charge in [-0.2, -0.15) is 0 Å². The Morgan fingerprint density at radius 1 is 1.43 bits per heavy atom. The summed E-state index contributed by atoms with van der Waals surface area (Å²) >= 11 is 3.47. The summed E-state index contributed by atoms with van der Waals surface area (Å²) < 4.78 is 1.06. The summed E-state index contributed by atoms with van der Waals surface area (Å²) in [6.45, 7) is 0. The first kappa shape index (κ1) is 11.4. The number of carbonyl (C=O) groups is 1. The van der Waals surface area contributed by atoms with Crippen LogP contribution >= 0.6 is 15.9 Å². The molecule has 2 nitrogen and oxygen atoms in total. The highest BCUT2D eigenvalue weighted by Crippen LogP contribution is 2.17. The summed E-state index contributed by atoms with van der Waals surface area (Å²) in [6, 6.07) is 7.93. The Kier molecular flexibility index (Phi) is 4.29. The molecule has 1 atom stereocenters. The van der Waals surface area contributed by atoms with Gasteiger partial charge < -0.3 is 4.79 Å². The molecule has 14 heavy (non-hydrogen) atoms. The molecule has 0 heterocycles. The van der Waals surface area contributed by atoms with E-state index in [1.807, 2.05) is 43.3 Å². The Morgan fingerprint density at radius 3 is 2.57 bits per heavy atom. The second kappa shape index (κ2) is 5.27. The van der Waals surface area contributed by atoms with Gasteiger partial charge in [0.1, 0.15) is 6.29 Å². The van der Waals surface area contributed by atoms with Crippen molar-refractivity contribution in [3.05, 3.63) is 34.3 Å². The molecule has 0 bridgehead atoms. The SMILES string of the molecule is CN(C)C(C=O)Cc1ccccc1Br. The van der Waals surface area contributed by atoms with Gasteiger partial charge >= 0.3 is 0 Å². The van der Waals surface area contributed by atoms with E-state index in [4.69, 9.17) is 0 Å². The Balaban J connectivity index is 2.77. The van der Waals surface area contributed by atoms with Crippen molar-refractivity contribution in [1.29, 1.82) is 0 Å². The predicted molar refractivity (Wildman–Crippen MR) is 61.4 cm³/mol. The van der Waals surface area contributed by atoms with Crippen LogP contribution in [-0.4, -0.2) is 31.3 Å². The highest BCUT2D eigenvalue weighted by Gasteiger charge is 2.11. The molecule has 1 rings (SSSR count). The molecule has 76 valence electrons. The van der Waals surface area contributed by atoms with Crippen LogP contribution < -0.4 is 0 Å². The lowest BCUT2D eigenvalue weighted by Gasteiger charge is -2.18. The van der Waals surface area contributed by atoms with E-state index in [2.05, 4.69) is 15.9 Å². The van der Waals surface area contributed by atoms with Crippen LogP contribution in [0.1, 0.15) is 5.56 Å². The highest BCUT2D eigenvalue weighted by molar-refractivity contribution is 9.10. The molecule has 0 radical (unpaired) electrons. The van der Waals surface area contributed by atoms with Crippen molar-refractivity contribution in [3.8, 4) is 0 Å². The van der Waals surface area contributed by atoms with Gasteiger partial charge in [0.25, 0.3) is 0 Å². The molecule has 0 aliphatic heterocycles. The number of nitrogens with zero attached hydrogens (tertiary/aromatic N) is 1. The molecule has 0 aliphatic carbocycles. The van der Waals surface area contributed by atoms with E-state index in [1.165, 1.54) is 5.56 Å². The number of hydrogen-bond acceptors (Lipinski definition) is 2. The summed E-state index contributed by atoms with van der Waals surface area (Å²) in [5.74, 6) is 0. The van der Waals surface area contributed by atoms with Crippen molar-refractivity contribution < 1.29 is 4.79 Å². The maximum atomic E-state index is 10.8. The number of benzene rings is 1. The van der Waals surface area contributed by atoms with E-state index < -0.39 is 0 Å². The van der Waals surface area contributed by atoms with Gasteiger partial charge in [0, 0.05) is 4.47 Å². The topological polar surface area (TPSA) is 20.3 Å². The summed E-state index contributed by atoms with van der Waals surface area (Å²) in [6.07, 6.45) is 1.73. The lowest BCUT2D eigenvalue weighted by atomic mass is 10.1. The quantitative estimate of drug-likeness (QED) is 0.769. The molecule has 1 unspecified atom stereocenters. The molecular weight excluding hydrogens is 242 g/mol. The fraction of sp³-hybridized carbons (Fsp3) is 0.364. The number of aldehydes is 1. The molecule has 0 saturated heterocycles. The third kappa shape index (κ3) is 2.93. The first-order chi connectivity index (χ1) is 6.65. The normalized spacial score (nSPS) is 12.9. The van der Waals surface area contributed by atoms with E-state index in [1.54, 1.807) is 0 Å². The number of rotatable bonds is 4. The van der Waals surface area contributed by atoms with Gasteiger partial charge in [-0.3, -0.25) is 4.90 Å². The standard InChI is InChI=1S/C11H14BrNO/c1-13(2)10(8-14)7-9-5-3-4-6-11(9)12/h3-6,8,10H,7H2,1-2H3. The average Bonchev–Trinajstić information content (AvgIpc) is 2.16. The second-order valence-electron chi connectivity index (χ2n) is 3.46. The van der Waals surface area contributed by atoms with Crippen LogP contribution in [0, 0.1) is 0 Å². The summed E-state index contributed by atoms with van der Waals surface area (Å²) in [7, 11) is 3.83. The molecule has 3 heteroatoms. The van der Waals surface area contributed by atoms with Crippen molar-refractivity contribution in [1.82, 2.24) is 4.90 Å². The number of halogens is 1. The van der Waals surface area contributed by atoms with Crippen LogP contribution in [0.2, 0.25) is 0 Å². The van der Waals surface area contributed by atoms with Crippen LogP contribution in [0.5, 0.6) is 0 Å². The number of likely N-dealkylation sites (N-methyl/N-ethyl adjacent to an activating group) is 1. The maximum Gasteiger partial charge on any atom is 0.137 e. The summed E-state index contributed by atoms with van der Waals surface area (Å²) in [5, 5.41) is 0. The van der Waals surface area contributed by atoms with Crippen molar-refractivity contribution in [2.75, 3.05) is 14.1 Å². The molecule has 0 spiro atoms. The molecular formula is C11H14BrNO. The van der Waals surface area contributed by atoms with E-state index in [0.29, 0.717) is 0 Å². The van der Waals surface area contributed by atoms with E-state index in [9.17, 15) is 4.79 Å². The second-order valence-corrected chi connectivity index (χ2v) is 4.32. The average molecular weight is 256 g/mol. The molecule has 1 aromatic rings. The smallest absolute Gasteiger partial charge is 0.137 e. The van der Waals surface area contributed by atoms with Crippen LogP contribution in [-0.2, 0) is 11.2 Å². The van der Waals surface area contributed by atoms with Gasteiger partial charge in [0.05, 0.1) is 6.04 Å². The summed E-state index contributed by atoms with van der Waals surface area (Å²) in [5.41, 5.74) is 1.17. The fourth-order valence-electron chi connectivity index (χ4n) is 1.24. The van der Waals surface area contributed by atoms with E-state index in [0.717, 1.165) is 17.2 Å². The van der Waals surface area contributed by atoms with Crippen LogP contribution in [0.3, 0.4) is 0 Å². The largest absolute Gasteiger partial charge is 0.302 e. The molecule has 1 aromatic carbocycles. The Bertz CT molecular complexity index is 312. The lowest BCUT2D eigenvalue weighted by Crippen LogP contribution is -2.31. The van der Waals surface area contributed by atoms with E-state index >= 15 is 0 Å². The minimum Gasteiger partial charge on any atom is -0.302 e. The third-order valence-corrected chi connectivity index (χ3v) is 2.98. The van der Waals surface area contributed by atoms with Gasteiger partial charge in [-0.15, -0.1) is 0 Å². The molecule has 0 amide bonds. The zero-order chi connectivity index (χ0) is 10.6. The fourth-order valence-corrected chi connectivity index (χ4v) is 1.69.